The Morgan fingerprint density at radius 3 is 1.35 bits per heavy atom. The Labute approximate surface area is 298 Å². The van der Waals surface area contributed by atoms with Crippen molar-refractivity contribution in [1.82, 2.24) is 9.13 Å². The van der Waals surface area contributed by atoms with Crippen LogP contribution in [0.5, 0.6) is 0 Å². The van der Waals surface area contributed by atoms with Crippen molar-refractivity contribution in [2.45, 2.75) is 18.5 Å². The lowest BCUT2D eigenvalue weighted by Crippen LogP contribution is -2.10. The fraction of sp³-hybridized carbons (Fsp3) is 0.0732. The number of benzene rings is 6. The summed E-state index contributed by atoms with van der Waals surface area (Å²) in [5.74, 6) is 0. The molecule has 0 aliphatic carbocycles. The SMILES string of the molecule is N#Cc1cc(-n2c3ccccc3c3cc(C(F)(F)F)ccc32)c(-n2c3ccccc3c3cc(C(F)(F)F)ccc32)cc1-c1c(C#N)cccc1C(F)(F)F. The van der Waals surface area contributed by atoms with E-state index in [1.807, 2.05) is 6.07 Å². The van der Waals surface area contributed by atoms with Crippen molar-refractivity contribution in [3.63, 3.8) is 0 Å². The second-order valence-corrected chi connectivity index (χ2v) is 12.5. The smallest absolute Gasteiger partial charge is 0.307 e. The van der Waals surface area contributed by atoms with Crippen LogP contribution >= 0.6 is 0 Å². The summed E-state index contributed by atoms with van der Waals surface area (Å²) in [6, 6.07) is 28.4. The van der Waals surface area contributed by atoms with Crippen LogP contribution < -0.4 is 0 Å². The summed E-state index contributed by atoms with van der Waals surface area (Å²) in [7, 11) is 0. The predicted octanol–water partition coefficient (Wildman–Crippen LogP) is 12.3. The molecule has 0 saturated carbocycles. The second-order valence-electron chi connectivity index (χ2n) is 12.5. The van der Waals surface area contributed by atoms with Gasteiger partial charge >= 0.3 is 18.5 Å². The van der Waals surface area contributed by atoms with Gasteiger partial charge < -0.3 is 9.13 Å². The number of rotatable bonds is 3. The molecule has 2 aromatic heterocycles. The largest absolute Gasteiger partial charge is 0.417 e. The Hall–Kier alpha value is -6.73. The average molecular weight is 739 g/mol. The van der Waals surface area contributed by atoms with Crippen molar-refractivity contribution in [3.8, 4) is 34.6 Å². The molecule has 0 saturated heterocycles. The fourth-order valence-corrected chi connectivity index (χ4v) is 7.22. The molecule has 0 aliphatic rings. The van der Waals surface area contributed by atoms with E-state index < -0.39 is 46.3 Å². The van der Waals surface area contributed by atoms with Gasteiger partial charge in [-0.2, -0.15) is 50.0 Å². The third kappa shape index (κ3) is 5.31. The molecule has 54 heavy (non-hydrogen) atoms. The minimum Gasteiger partial charge on any atom is -0.307 e. The monoisotopic (exact) mass is 738 g/mol. The summed E-state index contributed by atoms with van der Waals surface area (Å²) in [5.41, 5.74) is -3.30. The van der Waals surface area contributed by atoms with Crippen LogP contribution in [0, 0.1) is 22.7 Å². The number of nitriles is 2. The van der Waals surface area contributed by atoms with E-state index in [-0.39, 0.29) is 44.3 Å². The van der Waals surface area contributed by atoms with E-state index in [2.05, 4.69) is 0 Å². The summed E-state index contributed by atoms with van der Waals surface area (Å²) in [4.78, 5) is 0. The van der Waals surface area contributed by atoms with Crippen LogP contribution in [0.1, 0.15) is 27.8 Å². The van der Waals surface area contributed by atoms with Crippen LogP contribution in [0.25, 0.3) is 66.1 Å². The molecule has 0 fully saturated rings. The topological polar surface area (TPSA) is 57.4 Å². The van der Waals surface area contributed by atoms with E-state index in [0.717, 1.165) is 36.4 Å². The Balaban J connectivity index is 1.59. The van der Waals surface area contributed by atoms with Gasteiger partial charge in [-0.15, -0.1) is 0 Å². The van der Waals surface area contributed by atoms with Gasteiger partial charge in [0.15, 0.2) is 0 Å². The maximum absolute atomic E-state index is 14.6. The predicted molar refractivity (Wildman–Crippen MR) is 185 cm³/mol. The molecule has 8 aromatic rings. The molecule has 0 bridgehead atoms. The third-order valence-electron chi connectivity index (χ3n) is 9.48. The van der Waals surface area contributed by atoms with Crippen molar-refractivity contribution in [3.05, 3.63) is 143 Å². The maximum atomic E-state index is 14.6. The molecule has 6 aromatic carbocycles. The lowest BCUT2D eigenvalue weighted by atomic mass is 9.90. The van der Waals surface area contributed by atoms with Crippen molar-refractivity contribution >= 4 is 43.6 Å². The summed E-state index contributed by atoms with van der Waals surface area (Å²) >= 11 is 0. The highest BCUT2D eigenvalue weighted by atomic mass is 19.4. The highest BCUT2D eigenvalue weighted by Gasteiger charge is 2.37. The zero-order chi connectivity index (χ0) is 38.3. The molecule has 0 aliphatic heterocycles. The maximum Gasteiger partial charge on any atom is 0.417 e. The van der Waals surface area contributed by atoms with Crippen LogP contribution in [0.2, 0.25) is 0 Å². The normalized spacial score (nSPS) is 12.5. The first-order valence-corrected chi connectivity index (χ1v) is 16.0. The van der Waals surface area contributed by atoms with Gasteiger partial charge in [0.2, 0.25) is 0 Å². The average Bonchev–Trinajstić information content (AvgIpc) is 3.65. The van der Waals surface area contributed by atoms with E-state index in [0.29, 0.717) is 21.8 Å². The molecular formula is C41H19F9N4. The number of para-hydroxylation sites is 2. The highest BCUT2D eigenvalue weighted by Crippen LogP contribution is 2.46. The zero-order valence-electron chi connectivity index (χ0n) is 27.2. The first kappa shape index (κ1) is 34.4. The van der Waals surface area contributed by atoms with Crippen LogP contribution in [-0.4, -0.2) is 9.13 Å². The Morgan fingerprint density at radius 2 is 0.889 bits per heavy atom. The van der Waals surface area contributed by atoms with E-state index in [1.165, 1.54) is 34.9 Å². The Kier molecular flexibility index (Phi) is 7.57. The van der Waals surface area contributed by atoms with E-state index in [9.17, 15) is 50.0 Å². The summed E-state index contributed by atoms with van der Waals surface area (Å²) in [6.07, 6.45) is -14.4. The minimum absolute atomic E-state index is 0.0679. The number of halogens is 9. The number of nitrogens with zero attached hydrogens (tertiary/aromatic N) is 4. The van der Waals surface area contributed by atoms with Crippen LogP contribution in [0.4, 0.5) is 39.5 Å². The molecule has 0 unspecified atom stereocenters. The first-order valence-electron chi connectivity index (χ1n) is 16.0. The van der Waals surface area contributed by atoms with E-state index >= 15 is 0 Å². The van der Waals surface area contributed by atoms with Gasteiger partial charge in [0, 0.05) is 32.7 Å². The van der Waals surface area contributed by atoms with Crippen molar-refractivity contribution in [1.29, 1.82) is 10.5 Å². The molecule has 0 spiro atoms. The summed E-state index contributed by atoms with van der Waals surface area (Å²) in [6.45, 7) is 0. The van der Waals surface area contributed by atoms with Gasteiger partial charge in [-0.25, -0.2) is 0 Å². The molecule has 0 radical (unpaired) electrons. The van der Waals surface area contributed by atoms with Gasteiger partial charge in [-0.1, -0.05) is 42.5 Å². The molecule has 0 amide bonds. The lowest BCUT2D eigenvalue weighted by Gasteiger charge is -2.21. The zero-order valence-corrected chi connectivity index (χ0v) is 27.2. The molecule has 8 rings (SSSR count). The number of hydrogen-bond donors (Lipinski definition) is 0. The number of alkyl halides is 9. The van der Waals surface area contributed by atoms with Gasteiger partial charge in [-0.3, -0.25) is 0 Å². The van der Waals surface area contributed by atoms with Crippen LogP contribution in [0.3, 0.4) is 0 Å². The number of hydrogen-bond acceptors (Lipinski definition) is 2. The Morgan fingerprint density at radius 1 is 0.426 bits per heavy atom. The van der Waals surface area contributed by atoms with Gasteiger partial charge in [0.1, 0.15) is 0 Å². The molecule has 0 atom stereocenters. The quantitative estimate of drug-likeness (QED) is 0.170. The first-order chi connectivity index (χ1) is 25.6. The minimum atomic E-state index is -4.97. The van der Waals surface area contributed by atoms with Crippen molar-refractivity contribution in [2.75, 3.05) is 0 Å². The number of fused-ring (bicyclic) bond motifs is 6. The fourth-order valence-electron chi connectivity index (χ4n) is 7.22. The standard InChI is InChI=1S/C41H19F9N4/c42-39(43,44)24-12-14-34-29(17-24)26-7-1-3-10-32(26)53(34)36-16-23(21-52)28(38-22(20-51)6-5-9-31(38)41(48,49)50)19-37(36)54-33-11-4-2-8-27(33)30-18-25(40(45,46)47)13-15-35(30)54/h1-19H. The van der Waals surface area contributed by atoms with Crippen molar-refractivity contribution < 1.29 is 39.5 Å². The highest BCUT2D eigenvalue weighted by molar-refractivity contribution is 6.12. The number of aromatic nitrogens is 2. The van der Waals surface area contributed by atoms with E-state index in [1.54, 1.807) is 59.2 Å². The molecule has 13 heteroatoms. The van der Waals surface area contributed by atoms with Gasteiger partial charge in [-0.05, 0) is 72.8 Å². The third-order valence-corrected chi connectivity index (χ3v) is 9.48. The summed E-state index contributed by atoms with van der Waals surface area (Å²) in [5, 5.41) is 21.6. The second kappa shape index (κ2) is 11.9. The molecule has 266 valence electrons. The van der Waals surface area contributed by atoms with Crippen LogP contribution in [-0.2, 0) is 18.5 Å². The van der Waals surface area contributed by atoms with Crippen LogP contribution in [0.15, 0.2) is 115 Å². The molecular weight excluding hydrogens is 719 g/mol. The van der Waals surface area contributed by atoms with Gasteiger partial charge in [0.05, 0.1) is 73.4 Å². The van der Waals surface area contributed by atoms with Gasteiger partial charge in [0.25, 0.3) is 0 Å². The Bertz CT molecular complexity index is 2930. The molecule has 4 nitrogen and oxygen atoms in total. The summed E-state index contributed by atoms with van der Waals surface area (Å²) < 4.78 is 131. The molecule has 0 N–H and O–H groups in total. The van der Waals surface area contributed by atoms with E-state index in [4.69, 9.17) is 0 Å². The lowest BCUT2D eigenvalue weighted by molar-refractivity contribution is -0.138. The van der Waals surface area contributed by atoms with Crippen molar-refractivity contribution in [2.24, 2.45) is 0 Å². The molecule has 2 heterocycles.